The van der Waals surface area contributed by atoms with Crippen molar-refractivity contribution in [3.63, 3.8) is 0 Å². The van der Waals surface area contributed by atoms with Gasteiger partial charge < -0.3 is 9.84 Å². The molecule has 1 atom stereocenters. The van der Waals surface area contributed by atoms with Gasteiger partial charge in [-0.25, -0.2) is 0 Å². The summed E-state index contributed by atoms with van der Waals surface area (Å²) in [6.07, 6.45) is -0.175. The molecular weight excluding hydrogens is 163 g/mol. The fraction of sp³-hybridized carbons (Fsp3) is 0.400. The Morgan fingerprint density at radius 1 is 1.38 bits per heavy atom. The summed E-state index contributed by atoms with van der Waals surface area (Å²) in [5.41, 5.74) is 2.26. The number of benzene rings is 1. The Bertz CT molecular complexity index is 246. The Morgan fingerprint density at radius 2 is 2.00 bits per heavy atom. The van der Waals surface area contributed by atoms with E-state index in [4.69, 9.17) is 9.84 Å². The molecule has 13 heavy (non-hydrogen) atoms. The van der Waals surface area contributed by atoms with Crippen LogP contribution in [0.2, 0.25) is 0 Å². The standard InChI is InChI=1S/C10H15BO2/c1-2-13-10(7-12)8-3-5-9(11)6-4-8/h3-6,10,12H,2,7,11H2,1H3/t10-/m0/s1. The summed E-state index contributed by atoms with van der Waals surface area (Å²) in [5.74, 6) is 0. The van der Waals surface area contributed by atoms with Gasteiger partial charge in [0.2, 0.25) is 0 Å². The Balaban J connectivity index is 2.73. The van der Waals surface area contributed by atoms with Gasteiger partial charge in [0.1, 0.15) is 14.0 Å². The quantitative estimate of drug-likeness (QED) is 0.658. The van der Waals surface area contributed by atoms with Crippen molar-refractivity contribution in [3.8, 4) is 0 Å². The lowest BCUT2D eigenvalue weighted by Crippen LogP contribution is -2.10. The van der Waals surface area contributed by atoms with Gasteiger partial charge in [0, 0.05) is 6.61 Å². The largest absolute Gasteiger partial charge is 0.393 e. The molecule has 0 unspecified atom stereocenters. The Morgan fingerprint density at radius 3 is 2.46 bits per heavy atom. The first-order valence-electron chi connectivity index (χ1n) is 4.57. The summed E-state index contributed by atoms with van der Waals surface area (Å²) in [6, 6.07) is 8.03. The summed E-state index contributed by atoms with van der Waals surface area (Å²) in [6.45, 7) is 2.59. The van der Waals surface area contributed by atoms with Crippen LogP contribution in [-0.2, 0) is 4.74 Å². The van der Waals surface area contributed by atoms with Crippen LogP contribution in [0, 0.1) is 0 Å². The van der Waals surface area contributed by atoms with Gasteiger partial charge in [-0.15, -0.1) is 0 Å². The van der Waals surface area contributed by atoms with Crippen molar-refractivity contribution >= 4 is 13.3 Å². The normalized spacial score (nSPS) is 12.8. The second kappa shape index (κ2) is 5.05. The molecule has 0 fully saturated rings. The van der Waals surface area contributed by atoms with Crippen LogP contribution in [0.4, 0.5) is 0 Å². The molecule has 0 aromatic heterocycles. The molecule has 1 N–H and O–H groups in total. The lowest BCUT2D eigenvalue weighted by molar-refractivity contribution is 0.0190. The highest BCUT2D eigenvalue weighted by Crippen LogP contribution is 2.14. The van der Waals surface area contributed by atoms with Crippen molar-refractivity contribution in [1.29, 1.82) is 0 Å². The predicted octanol–water partition coefficient (Wildman–Crippen LogP) is 0.0149. The summed E-state index contributed by atoms with van der Waals surface area (Å²) >= 11 is 0. The molecule has 0 bridgehead atoms. The third-order valence-electron chi connectivity index (χ3n) is 1.98. The van der Waals surface area contributed by atoms with E-state index in [1.54, 1.807) is 0 Å². The zero-order chi connectivity index (χ0) is 9.68. The van der Waals surface area contributed by atoms with Crippen molar-refractivity contribution in [2.75, 3.05) is 13.2 Å². The van der Waals surface area contributed by atoms with Gasteiger partial charge in [0.05, 0.1) is 6.61 Å². The highest BCUT2D eigenvalue weighted by molar-refractivity contribution is 6.32. The Hall–Kier alpha value is -0.795. The van der Waals surface area contributed by atoms with E-state index in [9.17, 15) is 0 Å². The van der Waals surface area contributed by atoms with Gasteiger partial charge in [-0.3, -0.25) is 0 Å². The fourth-order valence-corrected chi connectivity index (χ4v) is 1.24. The van der Waals surface area contributed by atoms with Gasteiger partial charge in [-0.2, -0.15) is 0 Å². The van der Waals surface area contributed by atoms with Crippen molar-refractivity contribution in [3.05, 3.63) is 29.8 Å². The second-order valence-corrected chi connectivity index (χ2v) is 3.04. The summed E-state index contributed by atoms with van der Waals surface area (Å²) < 4.78 is 5.37. The fourth-order valence-electron chi connectivity index (χ4n) is 1.24. The van der Waals surface area contributed by atoms with E-state index in [0.717, 1.165) is 5.56 Å². The number of ether oxygens (including phenoxy) is 1. The summed E-state index contributed by atoms with van der Waals surface area (Å²) in [5, 5.41) is 9.05. The monoisotopic (exact) mass is 178 g/mol. The first-order chi connectivity index (χ1) is 6.27. The van der Waals surface area contributed by atoms with Crippen molar-refractivity contribution in [2.24, 2.45) is 0 Å². The molecule has 3 heteroatoms. The van der Waals surface area contributed by atoms with Crippen LogP contribution in [0.3, 0.4) is 0 Å². The zero-order valence-corrected chi connectivity index (χ0v) is 8.16. The van der Waals surface area contributed by atoms with Crippen LogP contribution >= 0.6 is 0 Å². The average molecular weight is 178 g/mol. The maximum Gasteiger partial charge on any atom is 0.139 e. The molecule has 0 aliphatic heterocycles. The van der Waals surface area contributed by atoms with Crippen LogP contribution in [0.15, 0.2) is 24.3 Å². The lowest BCUT2D eigenvalue weighted by Gasteiger charge is -2.14. The number of rotatable bonds is 4. The molecule has 1 aromatic rings. The molecule has 0 saturated carbocycles. The van der Waals surface area contributed by atoms with E-state index in [-0.39, 0.29) is 12.7 Å². The molecule has 0 radical (unpaired) electrons. The number of hydrogen-bond acceptors (Lipinski definition) is 2. The highest BCUT2D eigenvalue weighted by atomic mass is 16.5. The molecule has 0 heterocycles. The minimum absolute atomic E-state index is 0.0386. The molecule has 0 amide bonds. The van der Waals surface area contributed by atoms with Gasteiger partial charge >= 0.3 is 0 Å². The molecule has 1 aromatic carbocycles. The maximum atomic E-state index is 9.05. The van der Waals surface area contributed by atoms with E-state index in [1.165, 1.54) is 5.46 Å². The zero-order valence-electron chi connectivity index (χ0n) is 8.16. The van der Waals surface area contributed by atoms with E-state index in [0.29, 0.717) is 6.61 Å². The van der Waals surface area contributed by atoms with Gasteiger partial charge in [0.25, 0.3) is 0 Å². The molecular formula is C10H15BO2. The smallest absolute Gasteiger partial charge is 0.139 e. The molecule has 0 aliphatic carbocycles. The molecule has 0 spiro atoms. The number of hydrogen-bond donors (Lipinski definition) is 1. The van der Waals surface area contributed by atoms with E-state index < -0.39 is 0 Å². The highest BCUT2D eigenvalue weighted by Gasteiger charge is 2.08. The molecule has 2 nitrogen and oxygen atoms in total. The minimum Gasteiger partial charge on any atom is -0.393 e. The molecule has 1 rings (SSSR count). The third-order valence-corrected chi connectivity index (χ3v) is 1.98. The first kappa shape index (κ1) is 10.3. The van der Waals surface area contributed by atoms with Gasteiger partial charge in [-0.1, -0.05) is 29.7 Å². The van der Waals surface area contributed by atoms with Gasteiger partial charge in [0.15, 0.2) is 0 Å². The van der Waals surface area contributed by atoms with Gasteiger partial charge in [-0.05, 0) is 12.5 Å². The summed E-state index contributed by atoms with van der Waals surface area (Å²) in [7, 11) is 2.04. The van der Waals surface area contributed by atoms with Crippen molar-refractivity contribution in [2.45, 2.75) is 13.0 Å². The average Bonchev–Trinajstić information content (AvgIpc) is 2.16. The number of aliphatic hydroxyl groups excluding tert-OH is 1. The second-order valence-electron chi connectivity index (χ2n) is 3.04. The Labute approximate surface area is 80.0 Å². The maximum absolute atomic E-state index is 9.05. The minimum atomic E-state index is -0.175. The van der Waals surface area contributed by atoms with Crippen molar-refractivity contribution < 1.29 is 9.84 Å². The molecule has 70 valence electrons. The predicted molar refractivity (Wildman–Crippen MR) is 56.1 cm³/mol. The number of aliphatic hydroxyl groups is 1. The molecule has 0 saturated heterocycles. The van der Waals surface area contributed by atoms with Crippen LogP contribution in [-0.4, -0.2) is 26.2 Å². The lowest BCUT2D eigenvalue weighted by atomic mass is 9.94. The summed E-state index contributed by atoms with van der Waals surface area (Å²) in [4.78, 5) is 0. The van der Waals surface area contributed by atoms with Crippen molar-refractivity contribution in [1.82, 2.24) is 0 Å². The van der Waals surface area contributed by atoms with E-state index in [1.807, 2.05) is 39.0 Å². The van der Waals surface area contributed by atoms with E-state index >= 15 is 0 Å². The third kappa shape index (κ3) is 2.86. The van der Waals surface area contributed by atoms with Crippen LogP contribution in [0.25, 0.3) is 0 Å². The van der Waals surface area contributed by atoms with Crippen LogP contribution in [0.1, 0.15) is 18.6 Å². The first-order valence-corrected chi connectivity index (χ1v) is 4.57. The van der Waals surface area contributed by atoms with Crippen LogP contribution < -0.4 is 5.46 Å². The van der Waals surface area contributed by atoms with E-state index in [2.05, 4.69) is 0 Å². The van der Waals surface area contributed by atoms with Crippen LogP contribution in [0.5, 0.6) is 0 Å². The topological polar surface area (TPSA) is 29.5 Å². The molecule has 0 aliphatic rings. The SMILES string of the molecule is Bc1ccc([C@H](CO)OCC)cc1. The Kier molecular flexibility index (Phi) is 3.99.